The van der Waals surface area contributed by atoms with Gasteiger partial charge in [0.05, 0.1) is 20.3 Å². The molecule has 4 aromatic carbocycles. The van der Waals surface area contributed by atoms with Crippen LogP contribution in [0.4, 0.5) is 8.78 Å². The van der Waals surface area contributed by atoms with Crippen LogP contribution in [0.1, 0.15) is 22.3 Å². The third-order valence-electron chi connectivity index (χ3n) is 8.82. The normalized spacial score (nSPS) is 28.6. The Hall–Kier alpha value is -4.18. The molecule has 2 saturated heterocycles. The standard InChI is InChI=1S/C20H23FO6.C19H21FO5/c1-25-14-8-6-12(7-9-14)10-13-4-2-3-5-15(13)26-20-19(24)18(23)17(21)16(11-22)27-20;20-16-15(11-21)25-19(18(23)17(16)22)24-14-9-5-4-8-13(14)10-12-6-2-1-3-7-12/h2-9,16-20,22-24H,10-11H2,1H3;1-9,15-19,21-23H,10-11H2. The Bertz CT molecular complexity index is 1660. The summed E-state index contributed by atoms with van der Waals surface area (Å²) >= 11 is 0. The highest BCUT2D eigenvalue weighted by Crippen LogP contribution is 2.31. The van der Waals surface area contributed by atoms with Crippen LogP contribution in [0.2, 0.25) is 0 Å². The maximum atomic E-state index is 13.9. The van der Waals surface area contributed by atoms with Crippen LogP contribution in [0, 0.1) is 0 Å². The summed E-state index contributed by atoms with van der Waals surface area (Å²) in [5.41, 5.74) is 3.80. The minimum atomic E-state index is -1.89. The second kappa shape index (κ2) is 18.5. The molecule has 0 saturated carbocycles. The predicted octanol–water partition coefficient (Wildman–Crippen LogP) is 2.88. The highest BCUT2D eigenvalue weighted by molar-refractivity contribution is 5.39. The minimum Gasteiger partial charge on any atom is -0.497 e. The molecule has 0 spiro atoms. The Morgan fingerprint density at radius 2 is 0.942 bits per heavy atom. The number of hydrogen-bond acceptors (Lipinski definition) is 11. The molecule has 2 aliphatic heterocycles. The van der Waals surface area contributed by atoms with Crippen molar-refractivity contribution in [2.24, 2.45) is 0 Å². The van der Waals surface area contributed by atoms with Crippen LogP contribution in [0.25, 0.3) is 0 Å². The molecule has 2 aliphatic rings. The fraction of sp³-hybridized carbons (Fsp3) is 0.385. The smallest absolute Gasteiger partial charge is 0.229 e. The van der Waals surface area contributed by atoms with E-state index in [9.17, 15) is 39.4 Å². The number of aliphatic hydroxyl groups is 6. The van der Waals surface area contributed by atoms with Gasteiger partial charge in [-0.3, -0.25) is 0 Å². The maximum Gasteiger partial charge on any atom is 0.229 e. The molecular weight excluding hydrogens is 682 g/mol. The topological polar surface area (TPSA) is 168 Å². The zero-order valence-corrected chi connectivity index (χ0v) is 28.4. The van der Waals surface area contributed by atoms with Gasteiger partial charge >= 0.3 is 0 Å². The summed E-state index contributed by atoms with van der Waals surface area (Å²) in [5, 5.41) is 58.2. The minimum absolute atomic E-state index is 0.443. The van der Waals surface area contributed by atoms with Crippen molar-refractivity contribution >= 4 is 0 Å². The molecule has 0 amide bonds. The van der Waals surface area contributed by atoms with E-state index in [2.05, 4.69) is 0 Å². The number of para-hydroxylation sites is 2. The van der Waals surface area contributed by atoms with Crippen LogP contribution in [0.3, 0.4) is 0 Å². The van der Waals surface area contributed by atoms with Crippen molar-refractivity contribution < 1.29 is 63.1 Å². The molecule has 6 N–H and O–H groups in total. The van der Waals surface area contributed by atoms with Crippen molar-refractivity contribution in [2.75, 3.05) is 20.3 Å². The molecule has 0 aromatic heterocycles. The third-order valence-corrected chi connectivity index (χ3v) is 8.82. The van der Waals surface area contributed by atoms with Gasteiger partial charge in [0.2, 0.25) is 12.6 Å². The summed E-state index contributed by atoms with van der Waals surface area (Å²) in [6, 6.07) is 31.8. The Balaban J connectivity index is 0.000000202. The first kappa shape index (κ1) is 39.0. The molecule has 0 bridgehead atoms. The van der Waals surface area contributed by atoms with Crippen LogP contribution < -0.4 is 14.2 Å². The molecule has 10 atom stereocenters. The number of rotatable bonds is 11. The molecule has 280 valence electrons. The van der Waals surface area contributed by atoms with Crippen LogP contribution in [0.15, 0.2) is 103 Å². The molecule has 2 heterocycles. The predicted molar refractivity (Wildman–Crippen MR) is 185 cm³/mol. The van der Waals surface area contributed by atoms with Gasteiger partial charge in [0.1, 0.15) is 53.9 Å². The molecule has 52 heavy (non-hydrogen) atoms. The van der Waals surface area contributed by atoms with Gasteiger partial charge in [0, 0.05) is 12.8 Å². The molecule has 10 unspecified atom stereocenters. The summed E-state index contributed by atoms with van der Waals surface area (Å²) < 4.78 is 54.9. The van der Waals surface area contributed by atoms with Crippen molar-refractivity contribution in [3.8, 4) is 17.2 Å². The van der Waals surface area contributed by atoms with Crippen molar-refractivity contribution in [3.63, 3.8) is 0 Å². The van der Waals surface area contributed by atoms with E-state index in [4.69, 9.17) is 23.7 Å². The van der Waals surface area contributed by atoms with Crippen LogP contribution in [-0.4, -0.2) is 113 Å². The van der Waals surface area contributed by atoms with Gasteiger partial charge in [0.25, 0.3) is 0 Å². The van der Waals surface area contributed by atoms with Crippen LogP contribution in [0.5, 0.6) is 17.2 Å². The van der Waals surface area contributed by atoms with Gasteiger partial charge in [-0.05, 0) is 46.5 Å². The first-order valence-electron chi connectivity index (χ1n) is 16.8. The monoisotopic (exact) mass is 726 g/mol. The number of halogens is 2. The average molecular weight is 727 g/mol. The molecular formula is C39H44F2O11. The highest BCUT2D eigenvalue weighted by atomic mass is 19.1. The zero-order chi connectivity index (χ0) is 37.2. The van der Waals surface area contributed by atoms with Crippen molar-refractivity contribution in [1.29, 1.82) is 0 Å². The van der Waals surface area contributed by atoms with E-state index in [1.54, 1.807) is 31.4 Å². The quantitative estimate of drug-likeness (QED) is 0.135. The third kappa shape index (κ3) is 9.62. The van der Waals surface area contributed by atoms with E-state index in [0.717, 1.165) is 28.0 Å². The van der Waals surface area contributed by atoms with Gasteiger partial charge in [-0.2, -0.15) is 0 Å². The summed E-state index contributed by atoms with van der Waals surface area (Å²) in [6.07, 6.45) is -14.2. The Labute approximate surface area is 300 Å². The van der Waals surface area contributed by atoms with E-state index >= 15 is 0 Å². The molecule has 0 radical (unpaired) electrons. The first-order valence-corrected chi connectivity index (χ1v) is 16.8. The van der Waals surface area contributed by atoms with Crippen molar-refractivity contribution in [1.82, 2.24) is 0 Å². The number of methoxy groups -OCH3 is 1. The lowest BCUT2D eigenvalue weighted by Gasteiger charge is -2.38. The fourth-order valence-electron chi connectivity index (χ4n) is 5.84. The Morgan fingerprint density at radius 1 is 0.538 bits per heavy atom. The molecule has 6 rings (SSSR count). The second-order valence-electron chi connectivity index (χ2n) is 12.4. The number of aliphatic hydroxyl groups excluding tert-OH is 6. The average Bonchev–Trinajstić information content (AvgIpc) is 3.17. The van der Waals surface area contributed by atoms with Gasteiger partial charge in [-0.1, -0.05) is 78.9 Å². The van der Waals surface area contributed by atoms with Crippen molar-refractivity contribution in [3.05, 3.63) is 125 Å². The molecule has 2 fully saturated rings. The summed E-state index contributed by atoms with van der Waals surface area (Å²) in [7, 11) is 1.60. The Kier molecular flexibility index (Phi) is 13.9. The van der Waals surface area contributed by atoms with Crippen molar-refractivity contribution in [2.45, 2.75) is 74.4 Å². The number of alkyl halides is 2. The largest absolute Gasteiger partial charge is 0.497 e. The highest BCUT2D eigenvalue weighted by Gasteiger charge is 2.47. The molecule has 13 heteroatoms. The molecule has 4 aromatic rings. The van der Waals surface area contributed by atoms with Gasteiger partial charge in [0.15, 0.2) is 12.3 Å². The second-order valence-corrected chi connectivity index (χ2v) is 12.4. The van der Waals surface area contributed by atoms with Crippen LogP contribution in [-0.2, 0) is 22.3 Å². The van der Waals surface area contributed by atoms with Gasteiger partial charge in [-0.25, -0.2) is 8.78 Å². The first-order chi connectivity index (χ1) is 25.1. The van der Waals surface area contributed by atoms with Gasteiger partial charge in [-0.15, -0.1) is 0 Å². The molecule has 0 aliphatic carbocycles. The maximum absolute atomic E-state index is 13.9. The lowest BCUT2D eigenvalue weighted by atomic mass is 10.0. The fourth-order valence-corrected chi connectivity index (χ4v) is 5.84. The van der Waals surface area contributed by atoms with Crippen LogP contribution >= 0.6 is 0 Å². The summed E-state index contributed by atoms with van der Waals surface area (Å²) in [5.74, 6) is 1.67. The lowest BCUT2D eigenvalue weighted by molar-refractivity contribution is -0.265. The van der Waals surface area contributed by atoms with E-state index in [-0.39, 0.29) is 0 Å². The summed E-state index contributed by atoms with van der Waals surface area (Å²) in [4.78, 5) is 0. The summed E-state index contributed by atoms with van der Waals surface area (Å²) in [6.45, 7) is -1.24. The molecule has 11 nitrogen and oxygen atoms in total. The lowest BCUT2D eigenvalue weighted by Crippen LogP contribution is -2.58. The zero-order valence-electron chi connectivity index (χ0n) is 28.4. The van der Waals surface area contributed by atoms with E-state index in [1.807, 2.05) is 78.9 Å². The van der Waals surface area contributed by atoms with Gasteiger partial charge < -0.3 is 54.3 Å². The number of benzene rings is 4. The van der Waals surface area contributed by atoms with E-state index < -0.39 is 74.8 Å². The van der Waals surface area contributed by atoms with E-state index in [0.29, 0.717) is 24.3 Å². The SMILES string of the molecule is COc1ccc(Cc2ccccc2OC2OC(CO)C(F)C(O)C2O)cc1.OCC1OC(Oc2ccccc2Cc2ccccc2)C(O)C(O)C1F. The Morgan fingerprint density at radius 3 is 1.37 bits per heavy atom. The number of hydrogen-bond donors (Lipinski definition) is 6. The van der Waals surface area contributed by atoms with E-state index in [1.165, 1.54) is 0 Å². The number of ether oxygens (including phenoxy) is 5.